The molecule has 0 atom stereocenters. The fraction of sp³-hybridized carbons (Fsp3) is 0.286. The van der Waals surface area contributed by atoms with E-state index in [0.717, 1.165) is 24.5 Å². The highest BCUT2D eigenvalue weighted by molar-refractivity contribution is 5.91. The van der Waals surface area contributed by atoms with Crippen LogP contribution in [0.5, 0.6) is 0 Å². The van der Waals surface area contributed by atoms with Gasteiger partial charge < -0.3 is 10.4 Å². The minimum atomic E-state index is -0.988. The van der Waals surface area contributed by atoms with Crippen LogP contribution in [-0.2, 0) is 9.59 Å². The quantitative estimate of drug-likeness (QED) is 0.783. The second-order valence-corrected chi connectivity index (χ2v) is 4.49. The molecule has 1 aliphatic carbocycles. The normalized spacial score (nSPS) is 14.7. The number of hydrogen-bond acceptors (Lipinski definition) is 2. The average molecular weight is 245 g/mol. The van der Waals surface area contributed by atoms with Gasteiger partial charge in [-0.15, -0.1) is 0 Å². The Bertz CT molecular complexity index is 490. The first-order valence-electron chi connectivity index (χ1n) is 5.94. The fourth-order valence-electron chi connectivity index (χ4n) is 1.68. The van der Waals surface area contributed by atoms with Crippen LogP contribution in [0.15, 0.2) is 30.3 Å². The first kappa shape index (κ1) is 12.4. The molecule has 0 aliphatic heterocycles. The summed E-state index contributed by atoms with van der Waals surface area (Å²) in [6, 6.07) is 7.12. The molecule has 1 aromatic rings. The molecule has 2 N–H and O–H groups in total. The van der Waals surface area contributed by atoms with E-state index in [2.05, 4.69) is 5.32 Å². The highest BCUT2D eigenvalue weighted by Crippen LogP contribution is 2.32. The van der Waals surface area contributed by atoms with Crippen molar-refractivity contribution in [3.63, 3.8) is 0 Å². The molecule has 1 fully saturated rings. The van der Waals surface area contributed by atoms with Crippen LogP contribution in [0.3, 0.4) is 0 Å². The van der Waals surface area contributed by atoms with E-state index in [1.807, 2.05) is 0 Å². The topological polar surface area (TPSA) is 66.4 Å². The molecule has 0 bridgehead atoms. The Balaban J connectivity index is 1.97. The zero-order valence-corrected chi connectivity index (χ0v) is 9.93. The third kappa shape index (κ3) is 4.05. The molecule has 18 heavy (non-hydrogen) atoms. The molecule has 4 heteroatoms. The lowest BCUT2D eigenvalue weighted by Crippen LogP contribution is -2.11. The molecule has 0 spiro atoms. The standard InChI is InChI=1S/C14H15NO3/c16-13(9-11-4-5-11)15-12-3-1-2-10(8-12)6-7-14(17)18/h1-3,6-8,11H,4-5,9H2,(H,15,16)(H,17,18). The van der Waals surface area contributed by atoms with Gasteiger partial charge in [-0.25, -0.2) is 4.79 Å². The Morgan fingerprint density at radius 1 is 1.39 bits per heavy atom. The predicted octanol–water partition coefficient (Wildman–Crippen LogP) is 2.52. The maximum absolute atomic E-state index is 11.6. The summed E-state index contributed by atoms with van der Waals surface area (Å²) in [5, 5.41) is 11.4. The van der Waals surface area contributed by atoms with Crippen molar-refractivity contribution in [1.82, 2.24) is 0 Å². The van der Waals surface area contributed by atoms with Gasteiger partial charge in [0.15, 0.2) is 0 Å². The number of carboxylic acids is 1. The summed E-state index contributed by atoms with van der Waals surface area (Å²) in [4.78, 5) is 22.0. The minimum Gasteiger partial charge on any atom is -0.478 e. The monoisotopic (exact) mass is 245 g/mol. The summed E-state index contributed by atoms with van der Waals surface area (Å²) >= 11 is 0. The van der Waals surface area contributed by atoms with Gasteiger partial charge in [0.1, 0.15) is 0 Å². The summed E-state index contributed by atoms with van der Waals surface area (Å²) in [6.07, 6.45) is 5.45. The zero-order chi connectivity index (χ0) is 13.0. The van der Waals surface area contributed by atoms with Crippen LogP contribution in [0.1, 0.15) is 24.8 Å². The van der Waals surface area contributed by atoms with Crippen LogP contribution in [0, 0.1) is 5.92 Å². The van der Waals surface area contributed by atoms with E-state index in [1.165, 1.54) is 6.08 Å². The van der Waals surface area contributed by atoms with E-state index in [0.29, 0.717) is 18.0 Å². The van der Waals surface area contributed by atoms with Gasteiger partial charge in [-0.05, 0) is 42.5 Å². The molecule has 0 unspecified atom stereocenters. The Hall–Kier alpha value is -2.10. The number of benzene rings is 1. The van der Waals surface area contributed by atoms with E-state index < -0.39 is 5.97 Å². The van der Waals surface area contributed by atoms with Crippen molar-refractivity contribution in [1.29, 1.82) is 0 Å². The molecule has 0 heterocycles. The molecule has 0 radical (unpaired) electrons. The van der Waals surface area contributed by atoms with Crippen molar-refractivity contribution in [3.05, 3.63) is 35.9 Å². The SMILES string of the molecule is O=C(O)C=Cc1cccc(NC(=O)CC2CC2)c1. The highest BCUT2D eigenvalue weighted by atomic mass is 16.4. The zero-order valence-electron chi connectivity index (χ0n) is 9.93. The van der Waals surface area contributed by atoms with E-state index in [-0.39, 0.29) is 5.91 Å². The van der Waals surface area contributed by atoms with Crippen LogP contribution in [0.2, 0.25) is 0 Å². The van der Waals surface area contributed by atoms with Crippen molar-refractivity contribution in [2.24, 2.45) is 5.92 Å². The lowest BCUT2D eigenvalue weighted by molar-refractivity contribution is -0.131. The number of carbonyl (C=O) groups is 2. The smallest absolute Gasteiger partial charge is 0.328 e. The Labute approximate surface area is 105 Å². The first-order chi connectivity index (χ1) is 8.63. The van der Waals surface area contributed by atoms with Gasteiger partial charge in [0, 0.05) is 18.2 Å². The first-order valence-corrected chi connectivity index (χ1v) is 5.94. The maximum atomic E-state index is 11.6. The van der Waals surface area contributed by atoms with Gasteiger partial charge in [0.05, 0.1) is 0 Å². The number of aliphatic carboxylic acids is 1. The van der Waals surface area contributed by atoms with Crippen LogP contribution < -0.4 is 5.32 Å². The predicted molar refractivity (Wildman–Crippen MR) is 69.1 cm³/mol. The number of rotatable bonds is 5. The summed E-state index contributed by atoms with van der Waals surface area (Å²) in [6.45, 7) is 0. The van der Waals surface area contributed by atoms with Gasteiger partial charge in [0.2, 0.25) is 5.91 Å². The van der Waals surface area contributed by atoms with Crippen molar-refractivity contribution < 1.29 is 14.7 Å². The van der Waals surface area contributed by atoms with E-state index in [4.69, 9.17) is 5.11 Å². The van der Waals surface area contributed by atoms with Crippen LogP contribution >= 0.6 is 0 Å². The molecule has 94 valence electrons. The molecule has 1 saturated carbocycles. The third-order valence-corrected chi connectivity index (χ3v) is 2.76. The Kier molecular flexibility index (Phi) is 3.77. The number of hydrogen-bond donors (Lipinski definition) is 2. The molecular weight excluding hydrogens is 230 g/mol. The van der Waals surface area contributed by atoms with Gasteiger partial charge in [-0.2, -0.15) is 0 Å². The van der Waals surface area contributed by atoms with Crippen molar-refractivity contribution >= 4 is 23.6 Å². The number of nitrogens with one attached hydrogen (secondary N) is 1. The molecular formula is C14H15NO3. The van der Waals surface area contributed by atoms with Gasteiger partial charge in [0.25, 0.3) is 0 Å². The largest absolute Gasteiger partial charge is 0.478 e. The average Bonchev–Trinajstić information content (AvgIpc) is 3.10. The van der Waals surface area contributed by atoms with Crippen molar-refractivity contribution in [2.45, 2.75) is 19.3 Å². The molecule has 4 nitrogen and oxygen atoms in total. The van der Waals surface area contributed by atoms with E-state index in [1.54, 1.807) is 24.3 Å². The molecule has 1 amide bonds. The second kappa shape index (κ2) is 5.49. The van der Waals surface area contributed by atoms with E-state index in [9.17, 15) is 9.59 Å². The number of carboxylic acid groups (broad SMARTS) is 1. The molecule has 0 saturated heterocycles. The summed E-state index contributed by atoms with van der Waals surface area (Å²) < 4.78 is 0. The number of carbonyl (C=O) groups excluding carboxylic acids is 1. The third-order valence-electron chi connectivity index (χ3n) is 2.76. The number of anilines is 1. The van der Waals surface area contributed by atoms with Gasteiger partial charge in [-0.3, -0.25) is 4.79 Å². The summed E-state index contributed by atoms with van der Waals surface area (Å²) in [5.74, 6) is -0.407. The summed E-state index contributed by atoms with van der Waals surface area (Å²) in [5.41, 5.74) is 1.45. The van der Waals surface area contributed by atoms with Crippen LogP contribution in [0.4, 0.5) is 5.69 Å². The summed E-state index contributed by atoms with van der Waals surface area (Å²) in [7, 11) is 0. The van der Waals surface area contributed by atoms with E-state index >= 15 is 0 Å². The van der Waals surface area contributed by atoms with Crippen molar-refractivity contribution in [2.75, 3.05) is 5.32 Å². The highest BCUT2D eigenvalue weighted by Gasteiger charge is 2.24. The lowest BCUT2D eigenvalue weighted by atomic mass is 10.2. The molecule has 1 aromatic carbocycles. The van der Waals surface area contributed by atoms with Crippen LogP contribution in [-0.4, -0.2) is 17.0 Å². The lowest BCUT2D eigenvalue weighted by Gasteiger charge is -2.05. The van der Waals surface area contributed by atoms with Crippen LogP contribution in [0.25, 0.3) is 6.08 Å². The van der Waals surface area contributed by atoms with Gasteiger partial charge in [-0.1, -0.05) is 12.1 Å². The molecule has 2 rings (SSSR count). The molecule has 0 aromatic heterocycles. The second-order valence-electron chi connectivity index (χ2n) is 4.49. The van der Waals surface area contributed by atoms with Crippen molar-refractivity contribution in [3.8, 4) is 0 Å². The van der Waals surface area contributed by atoms with Gasteiger partial charge >= 0.3 is 5.97 Å². The molecule has 1 aliphatic rings. The fourth-order valence-corrected chi connectivity index (χ4v) is 1.68. The maximum Gasteiger partial charge on any atom is 0.328 e. The number of amides is 1. The Morgan fingerprint density at radius 2 is 2.17 bits per heavy atom. The minimum absolute atomic E-state index is 0.0249. The Morgan fingerprint density at radius 3 is 2.83 bits per heavy atom.